The molecule has 0 spiro atoms. The second kappa shape index (κ2) is 5.56. The molecule has 0 fully saturated rings. The van der Waals surface area contributed by atoms with E-state index in [9.17, 15) is 0 Å². The number of nitrogen functional groups attached to an aromatic ring is 2. The molecule has 4 heteroatoms. The molecule has 0 unspecified atom stereocenters. The molecule has 1 aromatic carbocycles. The first-order chi connectivity index (χ1) is 3.79. The Morgan fingerprint density at radius 2 is 1.30 bits per heavy atom. The first-order valence-electron chi connectivity index (χ1n) is 2.40. The zero-order valence-corrected chi connectivity index (χ0v) is 8.71. The Bertz CT molecular complexity index is 174. The van der Waals surface area contributed by atoms with Gasteiger partial charge in [-0.1, -0.05) is 6.07 Å². The Morgan fingerprint density at radius 1 is 0.900 bits per heavy atom. The van der Waals surface area contributed by atoms with Gasteiger partial charge in [0, 0.05) is 11.4 Å². The van der Waals surface area contributed by atoms with Crippen LogP contribution in [0.4, 0.5) is 11.4 Å². The van der Waals surface area contributed by atoms with Gasteiger partial charge in [-0.15, -0.1) is 34.0 Å². The summed E-state index contributed by atoms with van der Waals surface area (Å²) in [4.78, 5) is 0. The fourth-order valence-electron chi connectivity index (χ4n) is 0.559. The molecule has 4 N–H and O–H groups in total. The van der Waals surface area contributed by atoms with Crippen LogP contribution in [0.2, 0.25) is 0 Å². The highest BCUT2D eigenvalue weighted by Gasteiger charge is 1.81. The Hall–Kier alpha value is -0.220. The van der Waals surface area contributed by atoms with Gasteiger partial charge in [-0.2, -0.15) is 0 Å². The van der Waals surface area contributed by atoms with Crippen LogP contribution in [0.1, 0.15) is 0 Å². The summed E-state index contributed by atoms with van der Waals surface area (Å²) in [6.45, 7) is 0. The maximum absolute atomic E-state index is 5.38. The number of halogens is 2. The van der Waals surface area contributed by atoms with Crippen LogP contribution in [0.15, 0.2) is 24.3 Å². The Morgan fingerprint density at radius 3 is 1.50 bits per heavy atom. The number of hydrogen-bond acceptors (Lipinski definition) is 2. The number of rotatable bonds is 0. The monoisotopic (exact) mass is 268 g/mol. The second-order valence-electron chi connectivity index (χ2n) is 1.67. The zero-order chi connectivity index (χ0) is 5.98. The lowest BCUT2D eigenvalue weighted by atomic mass is 10.3. The maximum atomic E-state index is 5.38. The molecule has 0 amide bonds. The summed E-state index contributed by atoms with van der Waals surface area (Å²) in [5.74, 6) is 0. The topological polar surface area (TPSA) is 52.0 Å². The van der Waals surface area contributed by atoms with Gasteiger partial charge in [-0.05, 0) is 18.2 Å². The first kappa shape index (κ1) is 12.5. The zero-order valence-electron chi connectivity index (χ0n) is 5.28. The first-order valence-corrected chi connectivity index (χ1v) is 2.40. The summed E-state index contributed by atoms with van der Waals surface area (Å²) < 4.78 is 0. The van der Waals surface area contributed by atoms with E-state index in [-0.39, 0.29) is 34.0 Å². The number of anilines is 2. The molecule has 0 aromatic heterocycles. The molecule has 0 bridgehead atoms. The minimum absolute atomic E-state index is 0. The van der Waals surface area contributed by atoms with Crippen LogP contribution < -0.4 is 11.5 Å². The lowest BCUT2D eigenvalue weighted by molar-refractivity contribution is 1.67. The second-order valence-corrected chi connectivity index (χ2v) is 1.67. The van der Waals surface area contributed by atoms with Gasteiger partial charge in [0.05, 0.1) is 0 Å². The van der Waals surface area contributed by atoms with E-state index in [0.717, 1.165) is 0 Å². The molecule has 0 heterocycles. The minimum Gasteiger partial charge on any atom is -0.399 e. The van der Waals surface area contributed by atoms with Crippen molar-refractivity contribution in [3.05, 3.63) is 24.3 Å². The predicted octanol–water partition coefficient (Wildman–Crippen LogP) is 2.01. The molecule has 0 aliphatic carbocycles. The third kappa shape index (κ3) is 3.74. The van der Waals surface area contributed by atoms with Crippen LogP contribution in [0, 0.1) is 0 Å². The Balaban J connectivity index is 0. The molecule has 0 radical (unpaired) electrons. The maximum Gasteiger partial charge on any atom is 0.0334 e. The van der Waals surface area contributed by atoms with Crippen LogP contribution in [0.25, 0.3) is 0 Å². The summed E-state index contributed by atoms with van der Waals surface area (Å²) in [5, 5.41) is 0. The fraction of sp³-hybridized carbons (Fsp3) is 0. The van der Waals surface area contributed by atoms with E-state index >= 15 is 0 Å². The molecular formula is C6H10Br2N2. The summed E-state index contributed by atoms with van der Waals surface area (Å²) in [7, 11) is 0. The largest absolute Gasteiger partial charge is 0.399 e. The fourth-order valence-corrected chi connectivity index (χ4v) is 0.559. The quantitative estimate of drug-likeness (QED) is 0.708. The van der Waals surface area contributed by atoms with Gasteiger partial charge in [-0.25, -0.2) is 0 Å². The summed E-state index contributed by atoms with van der Waals surface area (Å²) in [5.41, 5.74) is 12.2. The number of hydrogen-bond donors (Lipinski definition) is 2. The van der Waals surface area contributed by atoms with E-state index in [0.29, 0.717) is 11.4 Å². The van der Waals surface area contributed by atoms with E-state index in [2.05, 4.69) is 0 Å². The lowest BCUT2D eigenvalue weighted by Gasteiger charge is -1.91. The van der Waals surface area contributed by atoms with Crippen molar-refractivity contribution >= 4 is 45.3 Å². The van der Waals surface area contributed by atoms with Gasteiger partial charge in [-0.3, -0.25) is 0 Å². The van der Waals surface area contributed by atoms with Gasteiger partial charge < -0.3 is 11.5 Å². The highest BCUT2D eigenvalue weighted by atomic mass is 79.9. The average molecular weight is 270 g/mol. The van der Waals surface area contributed by atoms with Crippen molar-refractivity contribution in [2.45, 2.75) is 0 Å². The molecule has 0 aliphatic heterocycles. The van der Waals surface area contributed by atoms with Gasteiger partial charge in [0.15, 0.2) is 0 Å². The molecule has 10 heavy (non-hydrogen) atoms. The van der Waals surface area contributed by atoms with Gasteiger partial charge in [0.1, 0.15) is 0 Å². The van der Waals surface area contributed by atoms with Crippen molar-refractivity contribution in [2.24, 2.45) is 0 Å². The van der Waals surface area contributed by atoms with E-state index in [1.807, 2.05) is 6.07 Å². The third-order valence-corrected chi connectivity index (χ3v) is 0.911. The molecule has 1 aromatic rings. The van der Waals surface area contributed by atoms with Crippen molar-refractivity contribution in [2.75, 3.05) is 11.5 Å². The number of nitrogens with two attached hydrogens (primary N) is 2. The normalized spacial score (nSPS) is 7.20. The van der Waals surface area contributed by atoms with E-state index in [1.54, 1.807) is 18.2 Å². The Kier molecular flexibility index (Phi) is 6.92. The molecule has 1 rings (SSSR count). The summed E-state index contributed by atoms with van der Waals surface area (Å²) in [6.07, 6.45) is 0. The molecule has 0 atom stereocenters. The SMILES string of the molecule is Br.Br.Nc1cccc(N)c1. The molecule has 58 valence electrons. The van der Waals surface area contributed by atoms with Crippen LogP contribution >= 0.6 is 34.0 Å². The molecule has 0 saturated heterocycles. The standard InChI is InChI=1S/C6H8N2.2BrH/c7-5-2-1-3-6(8)4-5;;/h1-4H,7-8H2;2*1H. The van der Waals surface area contributed by atoms with Crippen molar-refractivity contribution < 1.29 is 0 Å². The van der Waals surface area contributed by atoms with Crippen molar-refractivity contribution in [3.63, 3.8) is 0 Å². The van der Waals surface area contributed by atoms with Gasteiger partial charge in [0.2, 0.25) is 0 Å². The van der Waals surface area contributed by atoms with Crippen molar-refractivity contribution in [1.82, 2.24) is 0 Å². The molecule has 2 nitrogen and oxygen atoms in total. The van der Waals surface area contributed by atoms with Crippen molar-refractivity contribution in [3.8, 4) is 0 Å². The predicted molar refractivity (Wildman–Crippen MR) is 55.9 cm³/mol. The minimum atomic E-state index is 0. The Labute approximate surface area is 81.1 Å². The molecular weight excluding hydrogens is 260 g/mol. The average Bonchev–Trinajstić information content (AvgIpc) is 1.64. The summed E-state index contributed by atoms with van der Waals surface area (Å²) in [6, 6.07) is 7.15. The highest BCUT2D eigenvalue weighted by molar-refractivity contribution is 8.93. The third-order valence-electron chi connectivity index (χ3n) is 0.911. The molecule has 0 aliphatic rings. The van der Waals surface area contributed by atoms with E-state index in [1.165, 1.54) is 0 Å². The van der Waals surface area contributed by atoms with Crippen LogP contribution in [-0.2, 0) is 0 Å². The van der Waals surface area contributed by atoms with E-state index < -0.39 is 0 Å². The van der Waals surface area contributed by atoms with Crippen LogP contribution in [0.5, 0.6) is 0 Å². The van der Waals surface area contributed by atoms with Crippen molar-refractivity contribution in [1.29, 1.82) is 0 Å². The van der Waals surface area contributed by atoms with Gasteiger partial charge >= 0.3 is 0 Å². The number of benzene rings is 1. The smallest absolute Gasteiger partial charge is 0.0334 e. The molecule has 0 saturated carbocycles. The van der Waals surface area contributed by atoms with Crippen LogP contribution in [0.3, 0.4) is 0 Å². The summed E-state index contributed by atoms with van der Waals surface area (Å²) >= 11 is 0. The van der Waals surface area contributed by atoms with Crippen LogP contribution in [-0.4, -0.2) is 0 Å². The lowest BCUT2D eigenvalue weighted by Crippen LogP contribution is -1.87. The highest BCUT2D eigenvalue weighted by Crippen LogP contribution is 2.06. The van der Waals surface area contributed by atoms with Gasteiger partial charge in [0.25, 0.3) is 0 Å². The van der Waals surface area contributed by atoms with E-state index in [4.69, 9.17) is 11.5 Å².